The first-order valence-electron chi connectivity index (χ1n) is 5.80. The first kappa shape index (κ1) is 15.8. The van der Waals surface area contributed by atoms with Gasteiger partial charge in [-0.05, 0) is 25.0 Å². The molecule has 19 heavy (non-hydrogen) atoms. The second kappa shape index (κ2) is 6.77. The fourth-order valence-electron chi connectivity index (χ4n) is 1.89. The average Bonchev–Trinajstić information content (AvgIpc) is 2.38. The molecule has 1 aromatic rings. The second-order valence-electron chi connectivity index (χ2n) is 4.20. The summed E-state index contributed by atoms with van der Waals surface area (Å²) in [6, 6.07) is 1.41. The monoisotopic (exact) mass is 331 g/mol. The van der Waals surface area contributed by atoms with E-state index in [-0.39, 0.29) is 6.42 Å². The molecule has 0 saturated heterocycles. The van der Waals surface area contributed by atoms with Crippen molar-refractivity contribution >= 4 is 21.9 Å². The number of carbonyl (C=O) groups is 1. The van der Waals surface area contributed by atoms with Crippen LogP contribution in [0.1, 0.15) is 30.0 Å². The highest BCUT2D eigenvalue weighted by molar-refractivity contribution is 9.10. The van der Waals surface area contributed by atoms with Gasteiger partial charge in [-0.2, -0.15) is 0 Å². The molecule has 1 aromatic carbocycles. The Bertz CT molecular complexity index is 476. The van der Waals surface area contributed by atoms with Crippen molar-refractivity contribution in [1.82, 2.24) is 0 Å². The van der Waals surface area contributed by atoms with Crippen LogP contribution in [-0.2, 0) is 4.79 Å². The summed E-state index contributed by atoms with van der Waals surface area (Å²) in [5.74, 6) is 0.256. The minimum Gasteiger partial charge on any atom is -0.493 e. The molecule has 0 heterocycles. The van der Waals surface area contributed by atoms with Gasteiger partial charge >= 0.3 is 5.97 Å². The van der Waals surface area contributed by atoms with Gasteiger partial charge in [0.25, 0.3) is 0 Å². The Morgan fingerprint density at radius 1 is 1.47 bits per heavy atom. The number of carboxylic acid groups (broad SMARTS) is 1. The van der Waals surface area contributed by atoms with Crippen molar-refractivity contribution < 1.29 is 19.4 Å². The molecule has 0 fully saturated rings. The Hall–Kier alpha value is -1.27. The lowest BCUT2D eigenvalue weighted by molar-refractivity contribution is -0.137. The minimum absolute atomic E-state index is 0.00696. The number of ether oxygens (including phenoxy) is 2. The van der Waals surface area contributed by atoms with Gasteiger partial charge in [0, 0.05) is 22.5 Å². The summed E-state index contributed by atoms with van der Waals surface area (Å²) in [5.41, 5.74) is 7.78. The smallest absolute Gasteiger partial charge is 0.303 e. The van der Waals surface area contributed by atoms with E-state index < -0.39 is 12.0 Å². The van der Waals surface area contributed by atoms with Crippen molar-refractivity contribution in [2.24, 2.45) is 5.73 Å². The van der Waals surface area contributed by atoms with Crippen LogP contribution in [0, 0.1) is 6.92 Å². The number of hydrogen-bond acceptors (Lipinski definition) is 4. The van der Waals surface area contributed by atoms with Crippen LogP contribution in [0.3, 0.4) is 0 Å². The van der Waals surface area contributed by atoms with Crippen LogP contribution in [0.2, 0.25) is 0 Å². The second-order valence-corrected chi connectivity index (χ2v) is 4.99. The van der Waals surface area contributed by atoms with Crippen molar-refractivity contribution in [1.29, 1.82) is 0 Å². The van der Waals surface area contributed by atoms with E-state index in [2.05, 4.69) is 15.9 Å². The maximum atomic E-state index is 10.6. The highest BCUT2D eigenvalue weighted by Crippen LogP contribution is 2.42. The Balaban J connectivity index is 3.22. The van der Waals surface area contributed by atoms with Crippen molar-refractivity contribution in [2.75, 3.05) is 14.2 Å². The lowest BCUT2D eigenvalue weighted by Crippen LogP contribution is -2.15. The number of nitrogens with two attached hydrogens (primary N) is 1. The van der Waals surface area contributed by atoms with Crippen LogP contribution in [0.25, 0.3) is 0 Å². The van der Waals surface area contributed by atoms with Crippen LogP contribution in [-0.4, -0.2) is 25.3 Å². The van der Waals surface area contributed by atoms with Gasteiger partial charge in [-0.3, -0.25) is 4.79 Å². The largest absolute Gasteiger partial charge is 0.493 e. The molecule has 1 unspecified atom stereocenters. The maximum absolute atomic E-state index is 10.6. The first-order valence-corrected chi connectivity index (χ1v) is 6.60. The summed E-state index contributed by atoms with van der Waals surface area (Å²) in [7, 11) is 3.09. The Kier molecular flexibility index (Phi) is 5.62. The Labute approximate surface area is 120 Å². The topological polar surface area (TPSA) is 81.8 Å². The van der Waals surface area contributed by atoms with Gasteiger partial charge < -0.3 is 20.3 Å². The maximum Gasteiger partial charge on any atom is 0.303 e. The molecule has 0 radical (unpaired) electrons. The first-order chi connectivity index (χ1) is 8.92. The lowest BCUT2D eigenvalue weighted by Gasteiger charge is -2.20. The van der Waals surface area contributed by atoms with Crippen molar-refractivity contribution in [2.45, 2.75) is 25.8 Å². The Morgan fingerprint density at radius 3 is 2.58 bits per heavy atom. The van der Waals surface area contributed by atoms with Gasteiger partial charge in [-0.15, -0.1) is 0 Å². The molecular formula is C13H18BrNO4. The van der Waals surface area contributed by atoms with E-state index in [1.54, 1.807) is 7.11 Å². The average molecular weight is 332 g/mol. The highest BCUT2D eigenvalue weighted by atomic mass is 79.9. The van der Waals surface area contributed by atoms with E-state index in [4.69, 9.17) is 20.3 Å². The van der Waals surface area contributed by atoms with Gasteiger partial charge in [-0.25, -0.2) is 0 Å². The van der Waals surface area contributed by atoms with E-state index >= 15 is 0 Å². The standard InChI is InChI=1S/C13H18BrNO4/c1-7-6-9(18-2)13(19-3)11(12(7)14)8(15)4-5-10(16)17/h6,8H,4-5,15H2,1-3H3,(H,16,17). The van der Waals surface area contributed by atoms with E-state index in [1.807, 2.05) is 13.0 Å². The van der Waals surface area contributed by atoms with Crippen molar-refractivity contribution in [3.05, 3.63) is 21.7 Å². The summed E-state index contributed by atoms with van der Waals surface area (Å²) in [5, 5.41) is 8.74. The van der Waals surface area contributed by atoms with Crippen molar-refractivity contribution in [3.63, 3.8) is 0 Å². The molecule has 0 aliphatic carbocycles. The number of rotatable bonds is 6. The molecular weight excluding hydrogens is 314 g/mol. The fraction of sp³-hybridized carbons (Fsp3) is 0.462. The van der Waals surface area contributed by atoms with Crippen LogP contribution < -0.4 is 15.2 Å². The normalized spacial score (nSPS) is 12.1. The molecule has 106 valence electrons. The molecule has 0 saturated carbocycles. The zero-order valence-corrected chi connectivity index (χ0v) is 12.8. The predicted octanol–water partition coefficient (Wildman–Crippen LogP) is 2.64. The van der Waals surface area contributed by atoms with E-state index in [0.717, 1.165) is 15.6 Å². The Morgan fingerprint density at radius 2 is 2.11 bits per heavy atom. The molecule has 5 nitrogen and oxygen atoms in total. The molecule has 0 aliphatic heterocycles. The molecule has 1 rings (SSSR count). The predicted molar refractivity (Wildman–Crippen MR) is 75.8 cm³/mol. The third-order valence-electron chi connectivity index (χ3n) is 2.86. The molecule has 6 heteroatoms. The number of carboxylic acids is 1. The quantitative estimate of drug-likeness (QED) is 0.837. The molecule has 3 N–H and O–H groups in total. The van der Waals surface area contributed by atoms with Gasteiger partial charge in [0.2, 0.25) is 0 Å². The van der Waals surface area contributed by atoms with Gasteiger partial charge in [0.15, 0.2) is 11.5 Å². The third kappa shape index (κ3) is 3.61. The van der Waals surface area contributed by atoms with Crippen molar-refractivity contribution in [3.8, 4) is 11.5 Å². The summed E-state index contributed by atoms with van der Waals surface area (Å²) >= 11 is 3.48. The summed E-state index contributed by atoms with van der Waals surface area (Å²) in [6.45, 7) is 1.92. The lowest BCUT2D eigenvalue weighted by atomic mass is 9.99. The number of methoxy groups -OCH3 is 2. The molecule has 0 amide bonds. The van der Waals surface area contributed by atoms with Gasteiger partial charge in [0.05, 0.1) is 14.2 Å². The summed E-state index contributed by atoms with van der Waals surface area (Å²) in [4.78, 5) is 10.6. The molecule has 0 bridgehead atoms. The molecule has 0 aliphatic rings. The van der Waals surface area contributed by atoms with E-state index in [1.165, 1.54) is 7.11 Å². The zero-order chi connectivity index (χ0) is 14.6. The summed E-state index contributed by atoms with van der Waals surface area (Å²) < 4.78 is 11.4. The van der Waals surface area contributed by atoms with E-state index in [0.29, 0.717) is 17.9 Å². The van der Waals surface area contributed by atoms with E-state index in [9.17, 15) is 4.79 Å². The third-order valence-corrected chi connectivity index (χ3v) is 3.92. The SMILES string of the molecule is COc1cc(C)c(Br)c(C(N)CCC(=O)O)c1OC. The van der Waals surface area contributed by atoms with Crippen LogP contribution >= 0.6 is 15.9 Å². The number of aliphatic carboxylic acids is 1. The summed E-state index contributed by atoms with van der Waals surface area (Å²) in [6.07, 6.45) is 0.337. The highest BCUT2D eigenvalue weighted by Gasteiger charge is 2.22. The zero-order valence-electron chi connectivity index (χ0n) is 11.2. The minimum atomic E-state index is -0.870. The fourth-order valence-corrected chi connectivity index (χ4v) is 2.48. The number of benzene rings is 1. The van der Waals surface area contributed by atoms with Crippen LogP contribution in [0.15, 0.2) is 10.5 Å². The van der Waals surface area contributed by atoms with Gasteiger partial charge in [-0.1, -0.05) is 15.9 Å². The van der Waals surface area contributed by atoms with Gasteiger partial charge in [0.1, 0.15) is 0 Å². The number of hydrogen-bond donors (Lipinski definition) is 2. The molecule has 1 atom stereocenters. The number of aryl methyl sites for hydroxylation is 1. The molecule has 0 aromatic heterocycles. The molecule has 0 spiro atoms. The number of halogens is 1. The van der Waals surface area contributed by atoms with Crippen LogP contribution in [0.5, 0.6) is 11.5 Å². The van der Waals surface area contributed by atoms with Crippen LogP contribution in [0.4, 0.5) is 0 Å².